The van der Waals surface area contributed by atoms with Gasteiger partial charge in [0.05, 0.1) is 4.90 Å². The fourth-order valence-electron chi connectivity index (χ4n) is 2.09. The first-order valence-corrected chi connectivity index (χ1v) is 8.98. The number of carbonyl (C=O) groups is 1. The van der Waals surface area contributed by atoms with Gasteiger partial charge in [-0.1, -0.05) is 30.3 Å². The Balaban J connectivity index is 1.82. The van der Waals surface area contributed by atoms with Gasteiger partial charge in [0.15, 0.2) is 9.84 Å². The van der Waals surface area contributed by atoms with Crippen LogP contribution in [0.15, 0.2) is 59.5 Å². The second-order valence-electron chi connectivity index (χ2n) is 5.14. The maximum atomic E-state index is 12.0. The Hall–Kier alpha value is -2.14. The van der Waals surface area contributed by atoms with Gasteiger partial charge in [-0.25, -0.2) is 8.42 Å². The first-order chi connectivity index (χ1) is 10.5. The molecule has 116 valence electrons. The number of nitrogens with one attached hydrogen (secondary N) is 1. The molecule has 4 nitrogen and oxygen atoms in total. The van der Waals surface area contributed by atoms with Crippen LogP contribution in [0.5, 0.6) is 0 Å². The van der Waals surface area contributed by atoms with Crippen LogP contribution in [0.1, 0.15) is 22.3 Å². The van der Waals surface area contributed by atoms with Crippen LogP contribution in [0.4, 0.5) is 0 Å². The molecule has 2 aromatic rings. The van der Waals surface area contributed by atoms with Gasteiger partial charge in [-0.2, -0.15) is 0 Å². The van der Waals surface area contributed by atoms with Gasteiger partial charge < -0.3 is 5.32 Å². The number of rotatable bonds is 6. The van der Waals surface area contributed by atoms with Gasteiger partial charge in [-0.3, -0.25) is 4.79 Å². The minimum Gasteiger partial charge on any atom is -0.352 e. The number of benzene rings is 2. The normalized spacial score (nSPS) is 11.1. The summed E-state index contributed by atoms with van der Waals surface area (Å²) in [5, 5.41) is 2.84. The van der Waals surface area contributed by atoms with E-state index in [4.69, 9.17) is 0 Å². The number of carbonyl (C=O) groups excluding carboxylic acids is 1. The van der Waals surface area contributed by atoms with Crippen LogP contribution in [-0.4, -0.2) is 27.1 Å². The Labute approximate surface area is 131 Å². The van der Waals surface area contributed by atoms with Crippen molar-refractivity contribution in [2.45, 2.75) is 17.7 Å². The maximum absolute atomic E-state index is 12.0. The van der Waals surface area contributed by atoms with Crippen molar-refractivity contribution in [2.24, 2.45) is 0 Å². The highest BCUT2D eigenvalue weighted by atomic mass is 32.2. The van der Waals surface area contributed by atoms with E-state index < -0.39 is 9.84 Å². The molecule has 0 atom stereocenters. The Kier molecular flexibility index (Phi) is 5.33. The van der Waals surface area contributed by atoms with Crippen molar-refractivity contribution in [2.75, 3.05) is 12.8 Å². The van der Waals surface area contributed by atoms with Crippen LogP contribution in [-0.2, 0) is 16.3 Å². The number of hydrogen-bond donors (Lipinski definition) is 1. The summed E-state index contributed by atoms with van der Waals surface area (Å²) in [5.74, 6) is -0.187. The number of sulfone groups is 1. The third-order valence-electron chi connectivity index (χ3n) is 3.32. The lowest BCUT2D eigenvalue weighted by atomic mass is 10.1. The molecule has 0 aliphatic rings. The summed E-state index contributed by atoms with van der Waals surface area (Å²) in [6.07, 6.45) is 2.91. The number of hydrogen-bond acceptors (Lipinski definition) is 3. The van der Waals surface area contributed by atoms with Crippen molar-refractivity contribution in [1.82, 2.24) is 5.32 Å². The van der Waals surface area contributed by atoms with Crippen LogP contribution in [0.3, 0.4) is 0 Å². The summed E-state index contributed by atoms with van der Waals surface area (Å²) in [5.41, 5.74) is 1.71. The van der Waals surface area contributed by atoms with Crippen molar-refractivity contribution < 1.29 is 13.2 Å². The summed E-state index contributed by atoms with van der Waals surface area (Å²) in [4.78, 5) is 12.2. The molecule has 0 aromatic heterocycles. The molecule has 0 radical (unpaired) electrons. The van der Waals surface area contributed by atoms with E-state index in [1.54, 1.807) is 0 Å². The summed E-state index contributed by atoms with van der Waals surface area (Å²) in [7, 11) is -3.23. The van der Waals surface area contributed by atoms with Crippen molar-refractivity contribution in [3.05, 3.63) is 65.7 Å². The molecule has 0 saturated heterocycles. The summed E-state index contributed by atoms with van der Waals surface area (Å²) >= 11 is 0. The Morgan fingerprint density at radius 1 is 1.00 bits per heavy atom. The standard InChI is InChI=1S/C17H19NO3S/c1-22(20,21)16-11-9-15(10-12-16)17(19)18-13-5-8-14-6-3-2-4-7-14/h2-4,6-7,9-12H,5,8,13H2,1H3,(H,18,19). The highest BCUT2D eigenvalue weighted by Crippen LogP contribution is 2.10. The Morgan fingerprint density at radius 3 is 2.23 bits per heavy atom. The first kappa shape index (κ1) is 16.2. The van der Waals surface area contributed by atoms with E-state index in [2.05, 4.69) is 17.4 Å². The van der Waals surface area contributed by atoms with E-state index in [-0.39, 0.29) is 10.8 Å². The molecule has 22 heavy (non-hydrogen) atoms. The topological polar surface area (TPSA) is 63.2 Å². The molecule has 2 aromatic carbocycles. The molecule has 0 spiro atoms. The van der Waals surface area contributed by atoms with E-state index in [1.807, 2.05) is 18.2 Å². The molecular formula is C17H19NO3S. The molecule has 1 N–H and O–H groups in total. The first-order valence-electron chi connectivity index (χ1n) is 7.09. The Morgan fingerprint density at radius 2 is 1.64 bits per heavy atom. The van der Waals surface area contributed by atoms with Gasteiger partial charge in [0.25, 0.3) is 5.91 Å². The fraction of sp³-hybridized carbons (Fsp3) is 0.235. The molecular weight excluding hydrogens is 298 g/mol. The predicted octanol–water partition coefficient (Wildman–Crippen LogP) is 2.45. The molecule has 1 amide bonds. The lowest BCUT2D eigenvalue weighted by Crippen LogP contribution is -2.24. The van der Waals surface area contributed by atoms with Crippen LogP contribution < -0.4 is 5.32 Å². The second kappa shape index (κ2) is 7.22. The zero-order valence-electron chi connectivity index (χ0n) is 12.5. The molecule has 0 aliphatic heterocycles. The van der Waals surface area contributed by atoms with E-state index in [0.29, 0.717) is 12.1 Å². The van der Waals surface area contributed by atoms with Gasteiger partial charge in [0, 0.05) is 18.4 Å². The summed E-state index contributed by atoms with van der Waals surface area (Å²) < 4.78 is 22.7. The fourth-order valence-corrected chi connectivity index (χ4v) is 2.73. The average molecular weight is 317 g/mol. The molecule has 5 heteroatoms. The highest BCUT2D eigenvalue weighted by Gasteiger charge is 2.09. The monoisotopic (exact) mass is 317 g/mol. The third kappa shape index (κ3) is 4.70. The minimum atomic E-state index is -3.23. The molecule has 0 heterocycles. The second-order valence-corrected chi connectivity index (χ2v) is 7.16. The smallest absolute Gasteiger partial charge is 0.251 e. The Bertz CT molecular complexity index is 722. The molecule has 0 aliphatic carbocycles. The zero-order chi connectivity index (χ0) is 16.0. The minimum absolute atomic E-state index is 0.187. The van der Waals surface area contributed by atoms with Gasteiger partial charge in [0.1, 0.15) is 0 Å². The van der Waals surface area contributed by atoms with Crippen molar-refractivity contribution in [3.8, 4) is 0 Å². The quantitative estimate of drug-likeness (QED) is 0.832. The maximum Gasteiger partial charge on any atom is 0.251 e. The van der Waals surface area contributed by atoms with E-state index in [0.717, 1.165) is 19.1 Å². The molecule has 2 rings (SSSR count). The molecule has 0 saturated carbocycles. The summed E-state index contributed by atoms with van der Waals surface area (Å²) in [6.45, 7) is 0.585. The number of aryl methyl sites for hydroxylation is 1. The molecule has 0 fully saturated rings. The van der Waals surface area contributed by atoms with Crippen LogP contribution in [0, 0.1) is 0 Å². The SMILES string of the molecule is CS(=O)(=O)c1ccc(C(=O)NCCCc2ccccc2)cc1. The van der Waals surface area contributed by atoms with Crippen LogP contribution in [0.25, 0.3) is 0 Å². The highest BCUT2D eigenvalue weighted by molar-refractivity contribution is 7.90. The largest absolute Gasteiger partial charge is 0.352 e. The summed E-state index contributed by atoms with van der Waals surface area (Å²) in [6, 6.07) is 16.1. The number of amides is 1. The van der Waals surface area contributed by atoms with E-state index in [9.17, 15) is 13.2 Å². The third-order valence-corrected chi connectivity index (χ3v) is 4.44. The average Bonchev–Trinajstić information content (AvgIpc) is 2.52. The lowest BCUT2D eigenvalue weighted by molar-refractivity contribution is 0.0953. The van der Waals surface area contributed by atoms with Crippen molar-refractivity contribution in [1.29, 1.82) is 0 Å². The van der Waals surface area contributed by atoms with Crippen LogP contribution in [0.2, 0.25) is 0 Å². The van der Waals surface area contributed by atoms with Gasteiger partial charge in [-0.05, 0) is 42.7 Å². The van der Waals surface area contributed by atoms with Crippen molar-refractivity contribution >= 4 is 15.7 Å². The molecule has 0 unspecified atom stereocenters. The van der Waals surface area contributed by atoms with Gasteiger partial charge >= 0.3 is 0 Å². The predicted molar refractivity (Wildman–Crippen MR) is 86.6 cm³/mol. The van der Waals surface area contributed by atoms with Gasteiger partial charge in [-0.15, -0.1) is 0 Å². The van der Waals surface area contributed by atoms with Crippen LogP contribution >= 0.6 is 0 Å². The van der Waals surface area contributed by atoms with Crippen molar-refractivity contribution in [3.63, 3.8) is 0 Å². The zero-order valence-corrected chi connectivity index (χ0v) is 13.3. The van der Waals surface area contributed by atoms with E-state index in [1.165, 1.54) is 29.8 Å². The molecule has 0 bridgehead atoms. The van der Waals surface area contributed by atoms with Gasteiger partial charge in [0.2, 0.25) is 0 Å². The van der Waals surface area contributed by atoms with E-state index >= 15 is 0 Å². The lowest BCUT2D eigenvalue weighted by Gasteiger charge is -2.06.